The SMILES string of the molecule is CCC(CC)(CNC(=O)OC(C)(C)C)NC(=O)/C=C/c1ccc(F)cc1. The van der Waals surface area contributed by atoms with Crippen LogP contribution in [0.15, 0.2) is 30.3 Å². The minimum Gasteiger partial charge on any atom is -0.444 e. The Bertz CT molecular complexity index is 629. The molecule has 26 heavy (non-hydrogen) atoms. The van der Waals surface area contributed by atoms with Gasteiger partial charge in [-0.3, -0.25) is 4.79 Å². The second kappa shape index (κ2) is 9.36. The molecule has 0 unspecified atom stereocenters. The zero-order valence-electron chi connectivity index (χ0n) is 16.2. The molecule has 0 aromatic heterocycles. The van der Waals surface area contributed by atoms with Gasteiger partial charge in [-0.25, -0.2) is 9.18 Å². The van der Waals surface area contributed by atoms with Crippen LogP contribution >= 0.6 is 0 Å². The topological polar surface area (TPSA) is 67.4 Å². The Kier molecular flexibility index (Phi) is 7.80. The van der Waals surface area contributed by atoms with Crippen LogP contribution in [0.2, 0.25) is 0 Å². The fraction of sp³-hybridized carbons (Fsp3) is 0.500. The number of carbonyl (C=O) groups is 2. The summed E-state index contributed by atoms with van der Waals surface area (Å²) >= 11 is 0. The van der Waals surface area contributed by atoms with Crippen molar-refractivity contribution in [1.29, 1.82) is 0 Å². The molecule has 0 aliphatic carbocycles. The first-order chi connectivity index (χ1) is 12.1. The number of benzene rings is 1. The average molecular weight is 364 g/mol. The van der Waals surface area contributed by atoms with Crippen molar-refractivity contribution >= 4 is 18.1 Å². The van der Waals surface area contributed by atoms with Gasteiger partial charge in [-0.2, -0.15) is 0 Å². The van der Waals surface area contributed by atoms with E-state index < -0.39 is 17.2 Å². The molecule has 1 rings (SSSR count). The summed E-state index contributed by atoms with van der Waals surface area (Å²) in [5.74, 6) is -0.597. The fourth-order valence-corrected chi connectivity index (χ4v) is 2.33. The first-order valence-corrected chi connectivity index (χ1v) is 8.82. The lowest BCUT2D eigenvalue weighted by Crippen LogP contribution is -2.55. The first-order valence-electron chi connectivity index (χ1n) is 8.82. The summed E-state index contributed by atoms with van der Waals surface area (Å²) < 4.78 is 18.1. The summed E-state index contributed by atoms with van der Waals surface area (Å²) in [7, 11) is 0. The van der Waals surface area contributed by atoms with Crippen LogP contribution in [0.3, 0.4) is 0 Å². The monoisotopic (exact) mass is 364 g/mol. The van der Waals surface area contributed by atoms with Crippen molar-refractivity contribution in [2.24, 2.45) is 0 Å². The molecule has 0 saturated heterocycles. The molecule has 2 amide bonds. The minimum absolute atomic E-state index is 0.269. The van der Waals surface area contributed by atoms with Crippen LogP contribution < -0.4 is 10.6 Å². The predicted octanol–water partition coefficient (Wildman–Crippen LogP) is 4.04. The number of nitrogens with one attached hydrogen (secondary N) is 2. The lowest BCUT2D eigenvalue weighted by molar-refractivity contribution is -0.118. The van der Waals surface area contributed by atoms with Crippen molar-refractivity contribution in [1.82, 2.24) is 10.6 Å². The van der Waals surface area contributed by atoms with Gasteiger partial charge in [0.15, 0.2) is 0 Å². The van der Waals surface area contributed by atoms with Gasteiger partial charge in [0, 0.05) is 12.6 Å². The van der Waals surface area contributed by atoms with E-state index in [1.165, 1.54) is 18.2 Å². The van der Waals surface area contributed by atoms with Crippen LogP contribution in [-0.2, 0) is 9.53 Å². The molecule has 0 aliphatic heterocycles. The van der Waals surface area contributed by atoms with Crippen molar-refractivity contribution in [3.8, 4) is 0 Å². The van der Waals surface area contributed by atoms with Gasteiger partial charge in [0.2, 0.25) is 5.91 Å². The lowest BCUT2D eigenvalue weighted by Gasteiger charge is -2.33. The number of rotatable bonds is 7. The largest absolute Gasteiger partial charge is 0.444 e. The molecule has 2 N–H and O–H groups in total. The van der Waals surface area contributed by atoms with E-state index in [1.54, 1.807) is 39.0 Å². The summed E-state index contributed by atoms with van der Waals surface area (Å²) in [6.07, 6.45) is 3.80. The molecule has 5 nitrogen and oxygen atoms in total. The minimum atomic E-state index is -0.577. The third kappa shape index (κ3) is 7.68. The van der Waals surface area contributed by atoms with E-state index in [0.717, 1.165) is 5.56 Å². The molecule has 0 radical (unpaired) electrons. The van der Waals surface area contributed by atoms with E-state index in [0.29, 0.717) is 12.8 Å². The van der Waals surface area contributed by atoms with Crippen LogP contribution in [0.5, 0.6) is 0 Å². The Morgan fingerprint density at radius 3 is 2.19 bits per heavy atom. The van der Waals surface area contributed by atoms with Crippen molar-refractivity contribution in [2.45, 2.75) is 58.6 Å². The average Bonchev–Trinajstić information content (AvgIpc) is 2.57. The van der Waals surface area contributed by atoms with Crippen LogP contribution in [0.4, 0.5) is 9.18 Å². The second-order valence-electron chi connectivity index (χ2n) is 7.22. The van der Waals surface area contributed by atoms with Crippen LogP contribution in [0.1, 0.15) is 53.0 Å². The molecule has 0 fully saturated rings. The Balaban J connectivity index is 2.68. The van der Waals surface area contributed by atoms with Crippen molar-refractivity contribution in [3.63, 3.8) is 0 Å². The molecule has 0 spiro atoms. The van der Waals surface area contributed by atoms with Crippen molar-refractivity contribution in [3.05, 3.63) is 41.7 Å². The molecule has 0 bridgehead atoms. The van der Waals surface area contributed by atoms with Crippen LogP contribution in [0, 0.1) is 5.82 Å². The molecule has 0 atom stereocenters. The Morgan fingerprint density at radius 2 is 1.69 bits per heavy atom. The zero-order chi connectivity index (χ0) is 19.8. The Morgan fingerprint density at radius 1 is 1.12 bits per heavy atom. The normalized spacial score (nSPS) is 12.1. The smallest absolute Gasteiger partial charge is 0.407 e. The molecule has 0 heterocycles. The highest BCUT2D eigenvalue weighted by Gasteiger charge is 2.29. The molecule has 0 aliphatic rings. The molecule has 0 saturated carbocycles. The molecule has 1 aromatic rings. The number of carbonyl (C=O) groups excluding carboxylic acids is 2. The van der Waals surface area contributed by atoms with Crippen molar-refractivity contribution < 1.29 is 18.7 Å². The van der Waals surface area contributed by atoms with Gasteiger partial charge in [-0.15, -0.1) is 0 Å². The van der Waals surface area contributed by atoms with Gasteiger partial charge >= 0.3 is 6.09 Å². The van der Waals surface area contributed by atoms with Gasteiger partial charge in [-0.1, -0.05) is 26.0 Å². The van der Waals surface area contributed by atoms with Gasteiger partial charge in [-0.05, 0) is 57.4 Å². The Labute approximate surface area is 155 Å². The molecule has 6 heteroatoms. The molecular formula is C20H29FN2O3. The molecular weight excluding hydrogens is 335 g/mol. The summed E-state index contributed by atoms with van der Waals surface area (Å²) in [5.41, 5.74) is -0.417. The van der Waals surface area contributed by atoms with Crippen LogP contribution in [-0.4, -0.2) is 29.7 Å². The number of amides is 2. The standard InChI is InChI=1S/C20H29FN2O3/c1-6-20(7-2,14-22-18(25)26-19(3,4)5)23-17(24)13-10-15-8-11-16(21)12-9-15/h8-13H,6-7,14H2,1-5H3,(H,22,25)(H,23,24)/b13-10+. The van der Waals surface area contributed by atoms with E-state index in [-0.39, 0.29) is 18.3 Å². The summed E-state index contributed by atoms with van der Waals surface area (Å²) in [5, 5.41) is 5.69. The highest BCUT2D eigenvalue weighted by molar-refractivity contribution is 5.92. The number of hydrogen-bond acceptors (Lipinski definition) is 3. The lowest BCUT2D eigenvalue weighted by atomic mass is 9.92. The summed E-state index contributed by atoms with van der Waals surface area (Å²) in [6, 6.07) is 5.86. The van der Waals surface area contributed by atoms with Crippen LogP contribution in [0.25, 0.3) is 6.08 Å². The van der Waals surface area contributed by atoms with Crippen molar-refractivity contribution in [2.75, 3.05) is 6.54 Å². The summed E-state index contributed by atoms with van der Waals surface area (Å²) in [6.45, 7) is 9.55. The third-order valence-corrected chi connectivity index (χ3v) is 4.01. The van der Waals surface area contributed by atoms with Gasteiger partial charge in [0.1, 0.15) is 11.4 Å². The third-order valence-electron chi connectivity index (χ3n) is 4.01. The van der Waals surface area contributed by atoms with E-state index in [4.69, 9.17) is 4.74 Å². The highest BCUT2D eigenvalue weighted by Crippen LogP contribution is 2.15. The van der Waals surface area contributed by atoms with E-state index in [1.807, 2.05) is 13.8 Å². The number of ether oxygens (including phenoxy) is 1. The number of halogens is 1. The van der Waals surface area contributed by atoms with E-state index in [9.17, 15) is 14.0 Å². The summed E-state index contributed by atoms with van der Waals surface area (Å²) in [4.78, 5) is 24.1. The Hall–Kier alpha value is -2.37. The fourth-order valence-electron chi connectivity index (χ4n) is 2.33. The highest BCUT2D eigenvalue weighted by atomic mass is 19.1. The maximum absolute atomic E-state index is 12.9. The predicted molar refractivity (Wildman–Crippen MR) is 101 cm³/mol. The molecule has 1 aromatic carbocycles. The molecule has 144 valence electrons. The maximum atomic E-state index is 12.9. The second-order valence-corrected chi connectivity index (χ2v) is 7.22. The number of hydrogen-bond donors (Lipinski definition) is 2. The van der Waals surface area contributed by atoms with E-state index in [2.05, 4.69) is 10.6 Å². The van der Waals surface area contributed by atoms with E-state index >= 15 is 0 Å². The first kappa shape index (κ1) is 21.7. The maximum Gasteiger partial charge on any atom is 0.407 e. The van der Waals surface area contributed by atoms with Gasteiger partial charge < -0.3 is 15.4 Å². The quantitative estimate of drug-likeness (QED) is 0.718. The van der Waals surface area contributed by atoms with Gasteiger partial charge in [0.05, 0.1) is 5.54 Å². The number of alkyl carbamates (subject to hydrolysis) is 1. The zero-order valence-corrected chi connectivity index (χ0v) is 16.2. The van der Waals surface area contributed by atoms with Gasteiger partial charge in [0.25, 0.3) is 0 Å².